The smallest absolute Gasteiger partial charge is 0.247 e. The number of sulfonamides is 1. The first-order valence-electron chi connectivity index (χ1n) is 4.32. The van der Waals surface area contributed by atoms with E-state index in [9.17, 15) is 21.2 Å². The molecule has 0 aliphatic heterocycles. The Kier molecular flexibility index (Phi) is 3.62. The van der Waals surface area contributed by atoms with Gasteiger partial charge in [0.1, 0.15) is 5.82 Å². The van der Waals surface area contributed by atoms with Gasteiger partial charge < -0.3 is 5.73 Å². The molecule has 0 aromatic heterocycles. The molecule has 1 aromatic rings. The van der Waals surface area contributed by atoms with Crippen molar-refractivity contribution in [2.75, 3.05) is 21.8 Å². The fourth-order valence-electron chi connectivity index (χ4n) is 1.16. The van der Waals surface area contributed by atoms with Gasteiger partial charge in [-0.3, -0.25) is 4.72 Å². The molecule has 0 aliphatic rings. The van der Waals surface area contributed by atoms with Crippen molar-refractivity contribution in [3.63, 3.8) is 0 Å². The van der Waals surface area contributed by atoms with E-state index < -0.39 is 30.8 Å². The van der Waals surface area contributed by atoms with Crippen LogP contribution in [0, 0.1) is 5.82 Å². The number of benzene rings is 1. The zero-order valence-electron chi connectivity index (χ0n) is 8.84. The number of anilines is 2. The lowest BCUT2D eigenvalue weighted by Crippen LogP contribution is -2.22. The maximum absolute atomic E-state index is 12.9. The second-order valence-electron chi connectivity index (χ2n) is 3.53. The molecule has 17 heavy (non-hydrogen) atoms. The highest BCUT2D eigenvalue weighted by atomic mass is 32.3. The molecule has 0 radical (unpaired) electrons. The first kappa shape index (κ1) is 13.7. The highest BCUT2D eigenvalue weighted by molar-refractivity contribution is 8.08. The zero-order valence-corrected chi connectivity index (χ0v) is 10.5. The number of nitrogens with one attached hydrogen (secondary N) is 1. The van der Waals surface area contributed by atoms with Crippen molar-refractivity contribution in [3.05, 3.63) is 24.0 Å². The molecule has 96 valence electrons. The monoisotopic (exact) mass is 282 g/mol. The molecular weight excluding hydrogens is 271 g/mol. The second kappa shape index (κ2) is 4.49. The van der Waals surface area contributed by atoms with Crippen LogP contribution in [-0.2, 0) is 19.9 Å². The molecule has 0 saturated heterocycles. The third kappa shape index (κ3) is 5.00. The number of nitrogen functional groups attached to an aromatic ring is 1. The first-order valence-corrected chi connectivity index (χ1v) is 8.03. The van der Waals surface area contributed by atoms with Crippen LogP contribution in [0.2, 0.25) is 0 Å². The lowest BCUT2D eigenvalue weighted by Gasteiger charge is -2.07. The minimum atomic E-state index is -4.09. The van der Waals surface area contributed by atoms with Gasteiger partial charge in [-0.1, -0.05) is 0 Å². The first-order chi connectivity index (χ1) is 7.57. The standard InChI is InChI=1S/C8H11FN2O4S2/c1-16(12,13)5-17(14,15)11-8-3-6(9)2-7(10)4-8/h2-4,11H,5,10H2,1H3. The minimum Gasteiger partial charge on any atom is -0.399 e. The van der Waals surface area contributed by atoms with Gasteiger partial charge in [0, 0.05) is 11.9 Å². The normalized spacial score (nSPS) is 12.4. The molecule has 0 amide bonds. The van der Waals surface area contributed by atoms with E-state index in [0.29, 0.717) is 0 Å². The highest BCUT2D eigenvalue weighted by Crippen LogP contribution is 2.17. The Bertz CT molecular complexity index is 605. The van der Waals surface area contributed by atoms with Crippen molar-refractivity contribution in [2.24, 2.45) is 0 Å². The molecule has 0 unspecified atom stereocenters. The Morgan fingerprint density at radius 3 is 2.29 bits per heavy atom. The van der Waals surface area contributed by atoms with Crippen LogP contribution in [-0.4, -0.2) is 28.2 Å². The average Bonchev–Trinajstić information content (AvgIpc) is 1.93. The van der Waals surface area contributed by atoms with Gasteiger partial charge in [0.05, 0.1) is 5.69 Å². The molecule has 9 heteroatoms. The summed E-state index contributed by atoms with van der Waals surface area (Å²) >= 11 is 0. The summed E-state index contributed by atoms with van der Waals surface area (Å²) in [5.74, 6) is -0.720. The van der Waals surface area contributed by atoms with Crippen LogP contribution in [0.1, 0.15) is 0 Å². The fraction of sp³-hybridized carbons (Fsp3) is 0.250. The van der Waals surface area contributed by atoms with Crippen LogP contribution in [0.5, 0.6) is 0 Å². The van der Waals surface area contributed by atoms with Crippen LogP contribution >= 0.6 is 0 Å². The van der Waals surface area contributed by atoms with Crippen molar-refractivity contribution in [1.82, 2.24) is 0 Å². The van der Waals surface area contributed by atoms with Gasteiger partial charge in [0.15, 0.2) is 14.9 Å². The van der Waals surface area contributed by atoms with Crippen LogP contribution in [0.25, 0.3) is 0 Å². The molecule has 0 atom stereocenters. The quantitative estimate of drug-likeness (QED) is 0.765. The summed E-state index contributed by atoms with van der Waals surface area (Å²) in [6.45, 7) is 0. The van der Waals surface area contributed by atoms with Gasteiger partial charge in [-0.15, -0.1) is 0 Å². The fourth-order valence-corrected chi connectivity index (χ4v) is 4.13. The Morgan fingerprint density at radius 2 is 1.82 bits per heavy atom. The summed E-state index contributed by atoms with van der Waals surface area (Å²) in [7, 11) is -7.78. The average molecular weight is 282 g/mol. The molecule has 1 rings (SSSR count). The number of hydrogen-bond donors (Lipinski definition) is 2. The van der Waals surface area contributed by atoms with Gasteiger partial charge >= 0.3 is 0 Å². The molecule has 0 saturated carbocycles. The third-order valence-corrected chi connectivity index (χ3v) is 5.06. The number of nitrogens with two attached hydrogens (primary N) is 1. The van der Waals surface area contributed by atoms with E-state index >= 15 is 0 Å². The lowest BCUT2D eigenvalue weighted by atomic mass is 10.3. The van der Waals surface area contributed by atoms with Crippen LogP contribution in [0.15, 0.2) is 18.2 Å². The summed E-state index contributed by atoms with van der Waals surface area (Å²) < 4.78 is 59.3. The summed E-state index contributed by atoms with van der Waals surface area (Å²) in [4.78, 5) is 0. The Balaban J connectivity index is 2.98. The van der Waals surface area contributed by atoms with Gasteiger partial charge in [0.25, 0.3) is 0 Å². The van der Waals surface area contributed by atoms with Crippen molar-refractivity contribution in [1.29, 1.82) is 0 Å². The summed E-state index contributed by atoms with van der Waals surface area (Å²) in [5, 5.41) is -1.07. The summed E-state index contributed by atoms with van der Waals surface area (Å²) in [5.41, 5.74) is 5.22. The Labute approximate surface area is 98.6 Å². The van der Waals surface area contributed by atoms with E-state index in [1.807, 2.05) is 4.72 Å². The minimum absolute atomic E-state index is 0.0297. The van der Waals surface area contributed by atoms with Crippen molar-refractivity contribution >= 4 is 31.2 Å². The van der Waals surface area contributed by atoms with Crippen molar-refractivity contribution < 1.29 is 21.2 Å². The van der Waals surface area contributed by atoms with E-state index in [1.54, 1.807) is 0 Å². The van der Waals surface area contributed by atoms with Crippen LogP contribution in [0.4, 0.5) is 15.8 Å². The lowest BCUT2D eigenvalue weighted by molar-refractivity contribution is 0.595. The predicted molar refractivity (Wildman–Crippen MR) is 63.1 cm³/mol. The summed E-state index contributed by atoms with van der Waals surface area (Å²) in [6.07, 6.45) is 0.784. The molecule has 0 spiro atoms. The van der Waals surface area contributed by atoms with Gasteiger partial charge in [-0.2, -0.15) is 0 Å². The van der Waals surface area contributed by atoms with E-state index in [1.165, 1.54) is 6.07 Å². The number of rotatable bonds is 4. The molecule has 0 aliphatic carbocycles. The molecule has 3 N–H and O–H groups in total. The SMILES string of the molecule is CS(=O)(=O)CS(=O)(=O)Nc1cc(N)cc(F)c1. The number of sulfone groups is 1. The molecular formula is C8H11FN2O4S2. The van der Waals surface area contributed by atoms with Gasteiger partial charge in [-0.25, -0.2) is 21.2 Å². The van der Waals surface area contributed by atoms with E-state index in [2.05, 4.69) is 0 Å². The van der Waals surface area contributed by atoms with Crippen molar-refractivity contribution in [3.8, 4) is 0 Å². The maximum atomic E-state index is 12.9. The van der Waals surface area contributed by atoms with Crippen LogP contribution in [0.3, 0.4) is 0 Å². The van der Waals surface area contributed by atoms with E-state index in [0.717, 1.165) is 18.4 Å². The third-order valence-electron chi connectivity index (χ3n) is 1.56. The molecule has 0 bridgehead atoms. The van der Waals surface area contributed by atoms with Gasteiger partial charge in [-0.05, 0) is 18.2 Å². The Morgan fingerprint density at radius 1 is 1.24 bits per heavy atom. The largest absolute Gasteiger partial charge is 0.399 e. The van der Waals surface area contributed by atoms with Crippen LogP contribution < -0.4 is 10.5 Å². The summed E-state index contributed by atoms with van der Waals surface area (Å²) in [6, 6.07) is 3.09. The number of halogens is 1. The topological polar surface area (TPSA) is 106 Å². The Hall–Kier alpha value is -1.35. The van der Waals surface area contributed by atoms with E-state index in [4.69, 9.17) is 5.73 Å². The maximum Gasteiger partial charge on any atom is 0.247 e. The van der Waals surface area contributed by atoms with E-state index in [-0.39, 0.29) is 11.4 Å². The molecule has 0 fully saturated rings. The van der Waals surface area contributed by atoms with Crippen molar-refractivity contribution in [2.45, 2.75) is 0 Å². The highest BCUT2D eigenvalue weighted by Gasteiger charge is 2.18. The molecule has 0 heterocycles. The van der Waals surface area contributed by atoms with Gasteiger partial charge in [0.2, 0.25) is 10.0 Å². The predicted octanol–water partition coefficient (Wildman–Crippen LogP) is 0.152. The molecule has 1 aromatic carbocycles. The zero-order chi connectivity index (χ0) is 13.3. The number of hydrogen-bond acceptors (Lipinski definition) is 5. The second-order valence-corrected chi connectivity index (χ2v) is 7.76. The molecule has 6 nitrogen and oxygen atoms in total.